The molecule has 0 unspecified atom stereocenters. The van der Waals surface area contributed by atoms with Gasteiger partial charge < -0.3 is 14.4 Å². The zero-order valence-electron chi connectivity index (χ0n) is 20.9. The molecule has 0 N–H and O–H groups in total. The Bertz CT molecular complexity index is 1400. The maximum absolute atomic E-state index is 13.3. The summed E-state index contributed by atoms with van der Waals surface area (Å²) in [7, 11) is 3.86. The monoisotopic (exact) mass is 548 g/mol. The van der Waals surface area contributed by atoms with Crippen LogP contribution < -0.4 is 14.5 Å². The number of fused-ring (bicyclic) bond motifs is 1. The number of tetrazole rings is 1. The lowest BCUT2D eigenvalue weighted by atomic mass is 10.1. The van der Waals surface area contributed by atoms with Crippen molar-refractivity contribution in [2.45, 2.75) is 26.3 Å². The average Bonchev–Trinajstić information content (AvgIpc) is 3.61. The highest BCUT2D eigenvalue weighted by molar-refractivity contribution is 5.81. The van der Waals surface area contributed by atoms with Crippen molar-refractivity contribution in [1.82, 2.24) is 39.9 Å². The Labute approximate surface area is 220 Å². The lowest BCUT2D eigenvalue weighted by Gasteiger charge is -2.30. The first-order chi connectivity index (χ1) is 18.8. The third-order valence-corrected chi connectivity index (χ3v) is 5.80. The van der Waals surface area contributed by atoms with Crippen molar-refractivity contribution < 1.29 is 27.0 Å². The molecule has 3 aromatic rings. The van der Waals surface area contributed by atoms with Gasteiger partial charge in [0.2, 0.25) is 0 Å². The van der Waals surface area contributed by atoms with Gasteiger partial charge in [-0.15, -0.1) is 5.10 Å². The molecule has 0 fully saturated rings. The van der Waals surface area contributed by atoms with Gasteiger partial charge in [0.1, 0.15) is 35.2 Å². The van der Waals surface area contributed by atoms with Gasteiger partial charge in [-0.25, -0.2) is 14.7 Å². The Balaban J connectivity index is 1.57. The Morgan fingerprint density at radius 2 is 1.92 bits per heavy atom. The average molecular weight is 549 g/mol. The second-order valence-corrected chi connectivity index (χ2v) is 8.71. The highest BCUT2D eigenvalue weighted by Crippen LogP contribution is 2.41. The van der Waals surface area contributed by atoms with Crippen LogP contribution in [-0.4, -0.2) is 86.5 Å². The third-order valence-electron chi connectivity index (χ3n) is 5.80. The standard InChI is InChI=1S/C23H24F4N10O2/c1-33(2)10-11-35-20(29-31-32-35)14-34-13-17(36-9-6-19-28-7-3-8-37(19)36)21(30-34)16-12-15(38-22(24)25)4-5-18(16)39-23(26)27/h3-8,12-13,22-23H,9-11,14H2,1-2H3. The number of allylic oxidation sites excluding steroid dienone is 1. The largest absolute Gasteiger partial charge is 0.435 e. The quantitative estimate of drug-likeness (QED) is 0.335. The number of hydrazine groups is 1. The molecule has 16 heteroatoms. The van der Waals surface area contributed by atoms with Crippen molar-refractivity contribution in [3.8, 4) is 22.8 Å². The van der Waals surface area contributed by atoms with Gasteiger partial charge in [0.15, 0.2) is 5.82 Å². The molecule has 0 radical (unpaired) electrons. The summed E-state index contributed by atoms with van der Waals surface area (Å²) in [5.41, 5.74) is 0.700. The highest BCUT2D eigenvalue weighted by Gasteiger charge is 2.30. The molecule has 5 rings (SSSR count). The van der Waals surface area contributed by atoms with Gasteiger partial charge >= 0.3 is 13.2 Å². The number of hydrogen-bond donors (Lipinski definition) is 0. The molecule has 0 bridgehead atoms. The first-order valence-corrected chi connectivity index (χ1v) is 11.8. The molecule has 12 nitrogen and oxygen atoms in total. The predicted octanol–water partition coefficient (Wildman–Crippen LogP) is 2.83. The lowest BCUT2D eigenvalue weighted by Crippen LogP contribution is -2.34. The number of benzene rings is 1. The molecule has 2 aromatic heterocycles. The minimum atomic E-state index is -3.16. The summed E-state index contributed by atoms with van der Waals surface area (Å²) in [4.78, 5) is 6.32. The summed E-state index contributed by atoms with van der Waals surface area (Å²) in [6.07, 6.45) is 8.72. The SMILES string of the molecule is CN(C)CCn1nnnc1Cn1cc(N2CC=C3N=CC=CN32)c(-c2cc(OC(F)F)ccc2OC(F)F)n1. The van der Waals surface area contributed by atoms with Gasteiger partial charge in [-0.2, -0.15) is 22.7 Å². The smallest absolute Gasteiger partial charge is 0.387 e. The van der Waals surface area contributed by atoms with Crippen molar-refractivity contribution in [3.63, 3.8) is 0 Å². The van der Waals surface area contributed by atoms with Gasteiger partial charge in [0.25, 0.3) is 0 Å². The van der Waals surface area contributed by atoms with Crippen molar-refractivity contribution in [1.29, 1.82) is 0 Å². The molecule has 0 saturated carbocycles. The van der Waals surface area contributed by atoms with Crippen LogP contribution in [0, 0.1) is 0 Å². The van der Waals surface area contributed by atoms with Crippen molar-refractivity contribution in [2.75, 3.05) is 32.2 Å². The van der Waals surface area contributed by atoms with Crippen molar-refractivity contribution >= 4 is 11.9 Å². The fraction of sp³-hybridized carbons (Fsp3) is 0.348. The number of ether oxygens (including phenoxy) is 2. The number of anilines is 1. The van der Waals surface area contributed by atoms with Gasteiger partial charge in [0.05, 0.1) is 24.8 Å². The van der Waals surface area contributed by atoms with E-state index in [1.165, 1.54) is 6.07 Å². The molecule has 0 amide bonds. The minimum Gasteiger partial charge on any atom is -0.435 e. The number of nitrogens with zero attached hydrogens (tertiary/aromatic N) is 10. The lowest BCUT2D eigenvalue weighted by molar-refractivity contribution is -0.0526. The predicted molar refractivity (Wildman–Crippen MR) is 131 cm³/mol. The number of aliphatic imine (C=N–C) groups is 1. The first kappa shape index (κ1) is 26.1. The van der Waals surface area contributed by atoms with E-state index in [0.717, 1.165) is 12.1 Å². The number of alkyl halides is 4. The van der Waals surface area contributed by atoms with Crippen molar-refractivity contribution in [3.05, 3.63) is 54.4 Å². The third kappa shape index (κ3) is 5.84. The van der Waals surface area contributed by atoms with Crippen LogP contribution in [0.2, 0.25) is 0 Å². The molecule has 0 spiro atoms. The minimum absolute atomic E-state index is 0.0346. The van der Waals surface area contributed by atoms with Crippen molar-refractivity contribution in [2.24, 2.45) is 4.99 Å². The topological polar surface area (TPSA) is 102 Å². The maximum atomic E-state index is 13.3. The Morgan fingerprint density at radius 3 is 2.69 bits per heavy atom. The van der Waals surface area contributed by atoms with E-state index in [-0.39, 0.29) is 29.3 Å². The van der Waals surface area contributed by atoms with E-state index in [2.05, 4.69) is 30.4 Å². The van der Waals surface area contributed by atoms with Crippen LogP contribution in [-0.2, 0) is 13.1 Å². The summed E-state index contributed by atoms with van der Waals surface area (Å²) < 4.78 is 65.0. The maximum Gasteiger partial charge on any atom is 0.387 e. The molecule has 39 heavy (non-hydrogen) atoms. The van der Waals surface area contributed by atoms with Crippen LogP contribution in [0.25, 0.3) is 11.3 Å². The summed E-state index contributed by atoms with van der Waals surface area (Å²) >= 11 is 0. The Hall–Kier alpha value is -4.47. The molecule has 0 atom stereocenters. The second-order valence-electron chi connectivity index (χ2n) is 8.71. The first-order valence-electron chi connectivity index (χ1n) is 11.8. The zero-order valence-corrected chi connectivity index (χ0v) is 20.9. The summed E-state index contributed by atoms with van der Waals surface area (Å²) in [6.45, 7) is -4.51. The highest BCUT2D eigenvalue weighted by atomic mass is 19.3. The molecule has 4 heterocycles. The van der Waals surface area contributed by atoms with Gasteiger partial charge in [-0.3, -0.25) is 9.69 Å². The van der Waals surface area contributed by atoms with Gasteiger partial charge in [-0.05, 0) is 54.9 Å². The van der Waals surface area contributed by atoms with Crippen LogP contribution in [0.3, 0.4) is 0 Å². The van der Waals surface area contributed by atoms with E-state index in [1.54, 1.807) is 39.1 Å². The molecule has 1 aromatic carbocycles. The summed E-state index contributed by atoms with van der Waals surface area (Å²) in [5.74, 6) is 0.674. The van der Waals surface area contributed by atoms with E-state index in [4.69, 9.17) is 4.74 Å². The normalized spacial score (nSPS) is 14.6. The van der Waals surface area contributed by atoms with Crippen LogP contribution in [0.1, 0.15) is 5.82 Å². The molecular weight excluding hydrogens is 524 g/mol. The zero-order chi connectivity index (χ0) is 27.5. The molecule has 0 aliphatic carbocycles. The Morgan fingerprint density at radius 1 is 1.10 bits per heavy atom. The fourth-order valence-electron chi connectivity index (χ4n) is 4.09. The van der Waals surface area contributed by atoms with Crippen LogP contribution >= 0.6 is 0 Å². The van der Waals surface area contributed by atoms with E-state index < -0.39 is 13.2 Å². The number of hydrogen-bond acceptors (Lipinski definition) is 10. The molecule has 0 saturated heterocycles. The summed E-state index contributed by atoms with van der Waals surface area (Å²) in [5, 5.41) is 20.1. The molecule has 206 valence electrons. The van der Waals surface area contributed by atoms with E-state index in [1.807, 2.05) is 30.1 Å². The fourth-order valence-corrected chi connectivity index (χ4v) is 4.09. The van der Waals surface area contributed by atoms with E-state index in [0.29, 0.717) is 37.0 Å². The van der Waals surface area contributed by atoms with Crippen LogP contribution in [0.5, 0.6) is 11.5 Å². The Kier molecular flexibility index (Phi) is 7.44. The van der Waals surface area contributed by atoms with Crippen LogP contribution in [0.15, 0.2) is 53.6 Å². The van der Waals surface area contributed by atoms with E-state index >= 15 is 0 Å². The number of halogens is 4. The molecule has 2 aliphatic heterocycles. The second kappa shape index (κ2) is 11.1. The molecule has 2 aliphatic rings. The number of rotatable bonds is 11. The number of likely N-dealkylation sites (N-methyl/N-ethyl adjacent to an activating group) is 1. The summed E-state index contributed by atoms with van der Waals surface area (Å²) in [6, 6.07) is 3.46. The van der Waals surface area contributed by atoms with E-state index in [9.17, 15) is 17.6 Å². The number of aromatic nitrogens is 6. The van der Waals surface area contributed by atoms with Crippen LogP contribution in [0.4, 0.5) is 23.2 Å². The molecular formula is C23H24F4N10O2. The van der Waals surface area contributed by atoms with Gasteiger partial charge in [0, 0.05) is 19.0 Å². The van der Waals surface area contributed by atoms with Gasteiger partial charge in [-0.1, -0.05) is 0 Å².